The molecule has 0 unspecified atom stereocenters. The molecule has 0 atom stereocenters. The molecule has 1 saturated heterocycles. The lowest BCUT2D eigenvalue weighted by atomic mass is 10.2. The van der Waals surface area contributed by atoms with Gasteiger partial charge in [0.15, 0.2) is 0 Å². The maximum atomic E-state index is 11.1. The summed E-state index contributed by atoms with van der Waals surface area (Å²) in [5.41, 5.74) is 0.489. The van der Waals surface area contributed by atoms with E-state index in [1.165, 1.54) is 12.8 Å². The fraction of sp³-hybridized carbons (Fsp3) is 0.900. The van der Waals surface area contributed by atoms with Crippen LogP contribution in [-0.4, -0.2) is 47.4 Å². The standard InChI is InChI=1S/C10H18N2O/c1-9(13)11-5-7-12(8-6-11)10(2)3-4-10/h3-8H2,1-2H3. The van der Waals surface area contributed by atoms with Gasteiger partial charge in [-0.25, -0.2) is 0 Å². The fourth-order valence-electron chi connectivity index (χ4n) is 2.06. The second kappa shape index (κ2) is 2.98. The molecule has 0 N–H and O–H groups in total. The van der Waals surface area contributed by atoms with E-state index in [-0.39, 0.29) is 5.91 Å². The van der Waals surface area contributed by atoms with Crippen molar-refractivity contribution in [1.82, 2.24) is 9.80 Å². The monoisotopic (exact) mass is 182 g/mol. The number of piperazine rings is 1. The van der Waals surface area contributed by atoms with Crippen molar-refractivity contribution in [2.45, 2.75) is 32.2 Å². The first-order chi connectivity index (χ1) is 6.12. The van der Waals surface area contributed by atoms with Crippen LogP contribution in [-0.2, 0) is 4.79 Å². The van der Waals surface area contributed by atoms with Gasteiger partial charge in [0.25, 0.3) is 0 Å². The summed E-state index contributed by atoms with van der Waals surface area (Å²) in [6, 6.07) is 0. The highest BCUT2D eigenvalue weighted by Crippen LogP contribution is 2.41. The van der Waals surface area contributed by atoms with Gasteiger partial charge in [-0.2, -0.15) is 0 Å². The van der Waals surface area contributed by atoms with Crippen LogP contribution in [0.4, 0.5) is 0 Å². The smallest absolute Gasteiger partial charge is 0.219 e. The van der Waals surface area contributed by atoms with Gasteiger partial charge in [0.2, 0.25) is 5.91 Å². The van der Waals surface area contributed by atoms with E-state index in [0.717, 1.165) is 26.2 Å². The number of amides is 1. The molecule has 1 aliphatic heterocycles. The third-order valence-electron chi connectivity index (χ3n) is 3.46. The molecule has 2 rings (SSSR count). The lowest BCUT2D eigenvalue weighted by Crippen LogP contribution is -2.51. The van der Waals surface area contributed by atoms with E-state index in [0.29, 0.717) is 5.54 Å². The zero-order valence-electron chi connectivity index (χ0n) is 8.55. The van der Waals surface area contributed by atoms with Crippen molar-refractivity contribution in [1.29, 1.82) is 0 Å². The summed E-state index contributed by atoms with van der Waals surface area (Å²) in [7, 11) is 0. The predicted octanol–water partition coefficient (Wildman–Crippen LogP) is 0.703. The molecule has 1 heterocycles. The molecule has 0 aromatic heterocycles. The average Bonchev–Trinajstić information content (AvgIpc) is 2.85. The number of carbonyl (C=O) groups is 1. The molecular weight excluding hydrogens is 164 g/mol. The SMILES string of the molecule is CC(=O)N1CCN(C2(C)CC2)CC1. The molecule has 1 saturated carbocycles. The Morgan fingerprint density at radius 3 is 2.08 bits per heavy atom. The normalized spacial score (nSPS) is 27.4. The Labute approximate surface area is 79.7 Å². The highest BCUT2D eigenvalue weighted by atomic mass is 16.2. The zero-order valence-corrected chi connectivity index (χ0v) is 8.55. The lowest BCUT2D eigenvalue weighted by Gasteiger charge is -2.38. The van der Waals surface area contributed by atoms with Crippen LogP contribution in [0.3, 0.4) is 0 Å². The summed E-state index contributed by atoms with van der Waals surface area (Å²) >= 11 is 0. The Morgan fingerprint density at radius 2 is 1.69 bits per heavy atom. The molecule has 0 radical (unpaired) electrons. The number of carbonyl (C=O) groups excluding carboxylic acids is 1. The van der Waals surface area contributed by atoms with Gasteiger partial charge in [0.05, 0.1) is 0 Å². The quantitative estimate of drug-likeness (QED) is 0.596. The van der Waals surface area contributed by atoms with Crippen molar-refractivity contribution < 1.29 is 4.79 Å². The third kappa shape index (κ3) is 1.70. The molecule has 13 heavy (non-hydrogen) atoms. The summed E-state index contributed by atoms with van der Waals surface area (Å²) < 4.78 is 0. The Bertz CT molecular complexity index is 215. The van der Waals surface area contributed by atoms with Crippen molar-refractivity contribution in [2.75, 3.05) is 26.2 Å². The molecule has 3 nitrogen and oxygen atoms in total. The number of hydrogen-bond acceptors (Lipinski definition) is 2. The van der Waals surface area contributed by atoms with Crippen LogP contribution in [0.2, 0.25) is 0 Å². The highest BCUT2D eigenvalue weighted by molar-refractivity contribution is 5.73. The number of nitrogens with zero attached hydrogens (tertiary/aromatic N) is 2. The van der Waals surface area contributed by atoms with Crippen molar-refractivity contribution in [2.24, 2.45) is 0 Å². The number of rotatable bonds is 1. The van der Waals surface area contributed by atoms with E-state index in [9.17, 15) is 4.79 Å². The topological polar surface area (TPSA) is 23.6 Å². The summed E-state index contributed by atoms with van der Waals surface area (Å²) in [6.45, 7) is 7.97. The van der Waals surface area contributed by atoms with Gasteiger partial charge < -0.3 is 4.90 Å². The minimum atomic E-state index is 0.223. The first-order valence-corrected chi connectivity index (χ1v) is 5.12. The van der Waals surface area contributed by atoms with Crippen LogP contribution in [0.1, 0.15) is 26.7 Å². The van der Waals surface area contributed by atoms with E-state index in [1.54, 1.807) is 6.92 Å². The third-order valence-corrected chi connectivity index (χ3v) is 3.46. The molecule has 0 aromatic rings. The van der Waals surface area contributed by atoms with Crippen LogP contribution in [0, 0.1) is 0 Å². The molecule has 1 aliphatic carbocycles. The van der Waals surface area contributed by atoms with Gasteiger partial charge in [0, 0.05) is 38.6 Å². The molecule has 0 bridgehead atoms. The second-order valence-corrected chi connectivity index (χ2v) is 4.49. The Morgan fingerprint density at radius 1 is 1.15 bits per heavy atom. The van der Waals surface area contributed by atoms with Crippen molar-refractivity contribution in [3.63, 3.8) is 0 Å². The van der Waals surface area contributed by atoms with E-state index in [1.807, 2.05) is 4.90 Å². The Balaban J connectivity index is 1.86. The Kier molecular flexibility index (Phi) is 2.06. The van der Waals surface area contributed by atoms with Gasteiger partial charge in [0.1, 0.15) is 0 Å². The van der Waals surface area contributed by atoms with Gasteiger partial charge in [-0.05, 0) is 19.8 Å². The van der Waals surface area contributed by atoms with E-state index < -0.39 is 0 Å². The zero-order chi connectivity index (χ0) is 9.47. The van der Waals surface area contributed by atoms with Gasteiger partial charge in [-0.1, -0.05) is 0 Å². The molecule has 74 valence electrons. The minimum Gasteiger partial charge on any atom is -0.340 e. The summed E-state index contributed by atoms with van der Waals surface area (Å²) in [5, 5.41) is 0. The van der Waals surface area contributed by atoms with Crippen LogP contribution in [0.5, 0.6) is 0 Å². The minimum absolute atomic E-state index is 0.223. The molecule has 2 aliphatic rings. The van der Waals surface area contributed by atoms with Crippen LogP contribution < -0.4 is 0 Å². The first-order valence-electron chi connectivity index (χ1n) is 5.12. The van der Waals surface area contributed by atoms with Crippen LogP contribution in [0.15, 0.2) is 0 Å². The molecule has 0 aromatic carbocycles. The molecular formula is C10H18N2O. The van der Waals surface area contributed by atoms with E-state index in [4.69, 9.17) is 0 Å². The predicted molar refractivity (Wildman–Crippen MR) is 51.5 cm³/mol. The molecule has 3 heteroatoms. The number of hydrogen-bond donors (Lipinski definition) is 0. The lowest BCUT2D eigenvalue weighted by molar-refractivity contribution is -0.130. The van der Waals surface area contributed by atoms with Crippen LogP contribution in [0.25, 0.3) is 0 Å². The maximum Gasteiger partial charge on any atom is 0.219 e. The van der Waals surface area contributed by atoms with E-state index >= 15 is 0 Å². The Hall–Kier alpha value is -0.570. The molecule has 0 spiro atoms. The highest BCUT2D eigenvalue weighted by Gasteiger charge is 2.43. The van der Waals surface area contributed by atoms with Crippen molar-refractivity contribution in [3.8, 4) is 0 Å². The fourth-order valence-corrected chi connectivity index (χ4v) is 2.06. The average molecular weight is 182 g/mol. The second-order valence-electron chi connectivity index (χ2n) is 4.49. The van der Waals surface area contributed by atoms with Gasteiger partial charge >= 0.3 is 0 Å². The first kappa shape index (κ1) is 9.00. The van der Waals surface area contributed by atoms with Crippen LogP contribution >= 0.6 is 0 Å². The van der Waals surface area contributed by atoms with Gasteiger partial charge in [-0.3, -0.25) is 9.69 Å². The largest absolute Gasteiger partial charge is 0.340 e. The summed E-state index contributed by atoms with van der Waals surface area (Å²) in [4.78, 5) is 15.6. The summed E-state index contributed by atoms with van der Waals surface area (Å²) in [6.07, 6.45) is 2.68. The maximum absolute atomic E-state index is 11.1. The van der Waals surface area contributed by atoms with Crippen molar-refractivity contribution in [3.05, 3.63) is 0 Å². The molecule has 1 amide bonds. The molecule has 2 fully saturated rings. The van der Waals surface area contributed by atoms with Gasteiger partial charge in [-0.15, -0.1) is 0 Å². The van der Waals surface area contributed by atoms with Crippen molar-refractivity contribution >= 4 is 5.91 Å². The summed E-state index contributed by atoms with van der Waals surface area (Å²) in [5.74, 6) is 0.223. The van der Waals surface area contributed by atoms with E-state index in [2.05, 4.69) is 11.8 Å².